The molecule has 6 heteroatoms. The van der Waals surface area contributed by atoms with Gasteiger partial charge in [-0.15, -0.1) is 0 Å². The van der Waals surface area contributed by atoms with Crippen LogP contribution in [-0.2, 0) is 9.59 Å². The van der Waals surface area contributed by atoms with E-state index in [9.17, 15) is 9.59 Å². The summed E-state index contributed by atoms with van der Waals surface area (Å²) in [6.45, 7) is 8.98. The maximum atomic E-state index is 11.6. The van der Waals surface area contributed by atoms with Crippen molar-refractivity contribution in [1.29, 1.82) is 0 Å². The van der Waals surface area contributed by atoms with Crippen LogP contribution in [0.4, 0.5) is 0 Å². The predicted octanol–water partition coefficient (Wildman–Crippen LogP) is 1.05. The fourth-order valence-corrected chi connectivity index (χ4v) is 2.02. The topological polar surface area (TPSA) is 82.9 Å². The van der Waals surface area contributed by atoms with Gasteiger partial charge in [-0.25, -0.2) is 0 Å². The maximum Gasteiger partial charge on any atom is 0.163 e. The van der Waals surface area contributed by atoms with Crippen LogP contribution in [0.2, 0.25) is 0 Å². The zero-order valence-corrected chi connectivity index (χ0v) is 13.7. The Morgan fingerprint density at radius 1 is 0.864 bits per heavy atom. The lowest BCUT2D eigenvalue weighted by atomic mass is 10.1. The van der Waals surface area contributed by atoms with Gasteiger partial charge in [-0.05, 0) is 27.7 Å². The Balaban J connectivity index is 2.96. The molecule has 0 radical (unpaired) electrons. The van der Waals surface area contributed by atoms with Crippen LogP contribution < -0.4 is 10.6 Å². The van der Waals surface area contributed by atoms with Gasteiger partial charge in [0.1, 0.15) is 0 Å². The first-order valence-corrected chi connectivity index (χ1v) is 7.34. The minimum Gasteiger partial charge on any atom is -0.386 e. The summed E-state index contributed by atoms with van der Waals surface area (Å²) in [7, 11) is 0. The van der Waals surface area contributed by atoms with Gasteiger partial charge in [0.15, 0.2) is 11.6 Å². The summed E-state index contributed by atoms with van der Waals surface area (Å²) in [5, 5.41) is 6.39. The minimum absolute atomic E-state index is 0.0211. The molecule has 1 heterocycles. The average Bonchev–Trinajstić information content (AvgIpc) is 2.44. The molecule has 0 bridgehead atoms. The van der Waals surface area contributed by atoms with Crippen molar-refractivity contribution in [2.24, 2.45) is 9.98 Å². The SMILES string of the molecule is CC(=O)C1=C(C)NCCNC(C)=C(C(C)=O)C=NCCN=C1. The highest BCUT2D eigenvalue weighted by Crippen LogP contribution is 2.02. The van der Waals surface area contributed by atoms with Crippen LogP contribution >= 0.6 is 0 Å². The van der Waals surface area contributed by atoms with Crippen molar-refractivity contribution < 1.29 is 9.59 Å². The number of rotatable bonds is 2. The third-order valence-electron chi connectivity index (χ3n) is 3.27. The monoisotopic (exact) mass is 304 g/mol. The summed E-state index contributed by atoms with van der Waals surface area (Å²) in [6.07, 6.45) is 3.18. The number of nitrogens with zero attached hydrogens (tertiary/aromatic N) is 2. The van der Waals surface area contributed by atoms with E-state index in [0.29, 0.717) is 37.3 Å². The Morgan fingerprint density at radius 3 is 1.55 bits per heavy atom. The summed E-state index contributed by atoms with van der Waals surface area (Å²) in [5.74, 6) is -0.0421. The van der Waals surface area contributed by atoms with Crippen molar-refractivity contribution in [3.8, 4) is 0 Å². The molecule has 0 saturated carbocycles. The molecule has 0 aliphatic carbocycles. The standard InChI is InChI=1S/C16H24N4O2/c1-11-15(13(3)21)9-17-5-6-18-10-16(14(4)22)12(2)20-8-7-19-11/h9-10,19-20H,5-8H2,1-4H3. The average molecular weight is 304 g/mol. The normalized spacial score (nSPS) is 17.6. The molecule has 0 unspecified atom stereocenters. The van der Waals surface area contributed by atoms with E-state index in [4.69, 9.17) is 0 Å². The Morgan fingerprint density at radius 2 is 1.23 bits per heavy atom. The molecule has 1 rings (SSSR count). The summed E-state index contributed by atoms with van der Waals surface area (Å²) in [4.78, 5) is 31.7. The fourth-order valence-electron chi connectivity index (χ4n) is 2.02. The van der Waals surface area contributed by atoms with Crippen LogP contribution in [0, 0.1) is 0 Å². The first-order valence-electron chi connectivity index (χ1n) is 7.34. The second-order valence-corrected chi connectivity index (χ2v) is 5.11. The van der Waals surface area contributed by atoms with Gasteiger partial charge in [0, 0.05) is 36.9 Å². The second kappa shape index (κ2) is 8.92. The molecule has 120 valence electrons. The summed E-state index contributed by atoms with van der Waals surface area (Å²) in [6, 6.07) is 0. The van der Waals surface area contributed by atoms with E-state index in [1.807, 2.05) is 13.8 Å². The van der Waals surface area contributed by atoms with Gasteiger partial charge in [0.2, 0.25) is 0 Å². The first kappa shape index (κ1) is 17.8. The van der Waals surface area contributed by atoms with Crippen LogP contribution in [0.25, 0.3) is 0 Å². The molecule has 0 aromatic carbocycles. The van der Waals surface area contributed by atoms with Crippen LogP contribution in [0.3, 0.4) is 0 Å². The van der Waals surface area contributed by atoms with E-state index < -0.39 is 0 Å². The molecule has 2 N–H and O–H groups in total. The van der Waals surface area contributed by atoms with Crippen molar-refractivity contribution >= 4 is 24.0 Å². The lowest BCUT2D eigenvalue weighted by Gasteiger charge is -2.13. The number of nitrogens with one attached hydrogen (secondary N) is 2. The Bertz CT molecular complexity index is 506. The van der Waals surface area contributed by atoms with Crippen molar-refractivity contribution in [2.75, 3.05) is 26.2 Å². The van der Waals surface area contributed by atoms with Gasteiger partial charge >= 0.3 is 0 Å². The van der Waals surface area contributed by atoms with Crippen LogP contribution in [-0.4, -0.2) is 50.2 Å². The first-order chi connectivity index (χ1) is 10.4. The number of hydrogen-bond acceptors (Lipinski definition) is 6. The minimum atomic E-state index is -0.0211. The Labute approximate surface area is 131 Å². The Hall–Kier alpha value is -2.24. The van der Waals surface area contributed by atoms with E-state index in [1.54, 1.807) is 12.4 Å². The maximum absolute atomic E-state index is 11.6. The van der Waals surface area contributed by atoms with E-state index in [2.05, 4.69) is 20.6 Å². The molecule has 0 amide bonds. The molecule has 0 aromatic rings. The lowest BCUT2D eigenvalue weighted by Crippen LogP contribution is -2.28. The number of carbonyl (C=O) groups excluding carboxylic acids is 2. The van der Waals surface area contributed by atoms with Crippen LogP contribution in [0.5, 0.6) is 0 Å². The van der Waals surface area contributed by atoms with Crippen molar-refractivity contribution in [3.63, 3.8) is 0 Å². The van der Waals surface area contributed by atoms with E-state index >= 15 is 0 Å². The zero-order valence-electron chi connectivity index (χ0n) is 13.7. The Kier molecular flexibility index (Phi) is 7.22. The highest BCUT2D eigenvalue weighted by atomic mass is 16.1. The number of carbonyl (C=O) groups is 2. The van der Waals surface area contributed by atoms with E-state index in [-0.39, 0.29) is 11.6 Å². The molecular weight excluding hydrogens is 280 g/mol. The summed E-state index contributed by atoms with van der Waals surface area (Å²) in [5.41, 5.74) is 2.76. The summed E-state index contributed by atoms with van der Waals surface area (Å²) >= 11 is 0. The fraction of sp³-hybridized carbons (Fsp3) is 0.500. The van der Waals surface area contributed by atoms with Crippen molar-refractivity contribution in [1.82, 2.24) is 10.6 Å². The molecule has 0 spiro atoms. The highest BCUT2D eigenvalue weighted by Gasteiger charge is 2.07. The molecule has 0 saturated heterocycles. The van der Waals surface area contributed by atoms with E-state index in [1.165, 1.54) is 13.8 Å². The van der Waals surface area contributed by atoms with Gasteiger partial charge < -0.3 is 10.6 Å². The van der Waals surface area contributed by atoms with Gasteiger partial charge in [-0.1, -0.05) is 0 Å². The lowest BCUT2D eigenvalue weighted by molar-refractivity contribution is -0.114. The number of allylic oxidation sites excluding steroid dienone is 4. The highest BCUT2D eigenvalue weighted by molar-refractivity contribution is 6.13. The van der Waals surface area contributed by atoms with Gasteiger partial charge in [-0.3, -0.25) is 19.6 Å². The predicted molar refractivity (Wildman–Crippen MR) is 89.5 cm³/mol. The van der Waals surface area contributed by atoms with E-state index in [0.717, 1.165) is 11.4 Å². The third-order valence-corrected chi connectivity index (χ3v) is 3.27. The number of Topliss-reactive ketones (excluding diaryl/α,β-unsaturated/α-hetero) is 2. The number of aliphatic imine (C=N–C) groups is 2. The van der Waals surface area contributed by atoms with Crippen molar-refractivity contribution in [2.45, 2.75) is 27.7 Å². The van der Waals surface area contributed by atoms with Gasteiger partial charge in [-0.2, -0.15) is 0 Å². The second-order valence-electron chi connectivity index (χ2n) is 5.11. The zero-order chi connectivity index (χ0) is 16.5. The molecule has 0 aromatic heterocycles. The van der Waals surface area contributed by atoms with Crippen LogP contribution in [0.1, 0.15) is 27.7 Å². The smallest absolute Gasteiger partial charge is 0.163 e. The molecule has 0 atom stereocenters. The molecule has 6 nitrogen and oxygen atoms in total. The molecular formula is C16H24N4O2. The van der Waals surface area contributed by atoms with Crippen LogP contribution in [0.15, 0.2) is 32.5 Å². The number of hydrogen-bond donors (Lipinski definition) is 2. The largest absolute Gasteiger partial charge is 0.386 e. The molecule has 22 heavy (non-hydrogen) atoms. The molecule has 1 aliphatic rings. The van der Waals surface area contributed by atoms with Gasteiger partial charge in [0.05, 0.1) is 24.2 Å². The number of ketones is 2. The third kappa shape index (κ3) is 5.63. The molecule has 1 aliphatic heterocycles. The molecule has 0 fully saturated rings. The quantitative estimate of drug-likeness (QED) is 0.799. The van der Waals surface area contributed by atoms with Gasteiger partial charge in [0.25, 0.3) is 0 Å². The van der Waals surface area contributed by atoms with Crippen molar-refractivity contribution in [3.05, 3.63) is 22.5 Å². The summed E-state index contributed by atoms with van der Waals surface area (Å²) < 4.78 is 0.